The highest BCUT2D eigenvalue weighted by atomic mass is 35.5. The monoisotopic (exact) mass is 372 g/mol. The summed E-state index contributed by atoms with van der Waals surface area (Å²) < 4.78 is 0. The van der Waals surface area contributed by atoms with Crippen LogP contribution in [0.2, 0.25) is 5.02 Å². The van der Waals surface area contributed by atoms with E-state index in [0.717, 1.165) is 16.7 Å². The lowest BCUT2D eigenvalue weighted by atomic mass is 10.0. The van der Waals surface area contributed by atoms with Crippen LogP contribution in [-0.2, 0) is 16.0 Å². The summed E-state index contributed by atoms with van der Waals surface area (Å²) in [4.78, 5) is 24.1. The molecular weight excluding hydrogens is 352 g/mol. The number of amides is 2. The Morgan fingerprint density at radius 1 is 1.15 bits per heavy atom. The molecule has 1 atom stereocenters. The standard InChI is InChI=1S/C20H21ClN2O3/c1-12(2)17-9-6-15(11-18(17)21)23-20(26)19(22-13(3)24)10-14-4-7-16(25)8-5-14/h4-9,11,19,25H,1,10H2,2-3H3,(H,22,24)(H,23,26)/t19-/m1/s1. The van der Waals surface area contributed by atoms with Gasteiger partial charge in [0.05, 0.1) is 5.02 Å². The molecule has 0 aliphatic rings. The summed E-state index contributed by atoms with van der Waals surface area (Å²) in [6.45, 7) is 7.06. The van der Waals surface area contributed by atoms with Gasteiger partial charge in [0.25, 0.3) is 0 Å². The van der Waals surface area contributed by atoms with Gasteiger partial charge in [0.2, 0.25) is 11.8 Å². The Morgan fingerprint density at radius 2 is 1.81 bits per heavy atom. The summed E-state index contributed by atoms with van der Waals surface area (Å²) >= 11 is 6.21. The zero-order valence-corrected chi connectivity index (χ0v) is 15.4. The van der Waals surface area contributed by atoms with Crippen LogP contribution in [0.3, 0.4) is 0 Å². The number of rotatable bonds is 6. The third-order valence-corrected chi connectivity index (χ3v) is 4.08. The number of hydrogen-bond donors (Lipinski definition) is 3. The van der Waals surface area contributed by atoms with Gasteiger partial charge in [-0.25, -0.2) is 0 Å². The van der Waals surface area contributed by atoms with Crippen molar-refractivity contribution >= 4 is 34.7 Å². The smallest absolute Gasteiger partial charge is 0.247 e. The van der Waals surface area contributed by atoms with E-state index in [1.54, 1.807) is 30.3 Å². The molecule has 0 aliphatic heterocycles. The Labute approximate surface area is 157 Å². The molecule has 2 aromatic carbocycles. The first-order chi connectivity index (χ1) is 12.3. The highest BCUT2D eigenvalue weighted by molar-refractivity contribution is 6.32. The minimum absolute atomic E-state index is 0.140. The Hall–Kier alpha value is -2.79. The largest absolute Gasteiger partial charge is 0.508 e. The second-order valence-electron chi connectivity index (χ2n) is 6.09. The van der Waals surface area contributed by atoms with E-state index in [0.29, 0.717) is 17.1 Å². The molecule has 0 radical (unpaired) electrons. The van der Waals surface area contributed by atoms with E-state index < -0.39 is 6.04 Å². The van der Waals surface area contributed by atoms with E-state index in [1.165, 1.54) is 19.1 Å². The zero-order valence-electron chi connectivity index (χ0n) is 14.7. The van der Waals surface area contributed by atoms with Crippen molar-refractivity contribution < 1.29 is 14.7 Å². The number of aromatic hydroxyl groups is 1. The maximum atomic E-state index is 12.6. The summed E-state index contributed by atoms with van der Waals surface area (Å²) in [5, 5.41) is 15.3. The second kappa shape index (κ2) is 8.54. The molecule has 3 N–H and O–H groups in total. The lowest BCUT2D eigenvalue weighted by Crippen LogP contribution is -2.44. The number of phenolic OH excluding ortho intramolecular Hbond substituents is 1. The van der Waals surface area contributed by atoms with Crippen molar-refractivity contribution in [3.8, 4) is 5.75 Å². The van der Waals surface area contributed by atoms with Gasteiger partial charge in [0.1, 0.15) is 11.8 Å². The SMILES string of the molecule is C=C(C)c1ccc(NC(=O)[C@@H](Cc2ccc(O)cc2)NC(C)=O)cc1Cl. The van der Waals surface area contributed by atoms with Crippen LogP contribution in [0.5, 0.6) is 5.75 Å². The maximum absolute atomic E-state index is 12.6. The van der Waals surface area contributed by atoms with E-state index >= 15 is 0 Å². The molecule has 5 nitrogen and oxygen atoms in total. The van der Waals surface area contributed by atoms with Crippen molar-refractivity contribution in [2.75, 3.05) is 5.32 Å². The van der Waals surface area contributed by atoms with Crippen LogP contribution in [0.25, 0.3) is 5.57 Å². The molecule has 136 valence electrons. The predicted molar refractivity (Wildman–Crippen MR) is 104 cm³/mol. The normalized spacial score (nSPS) is 11.5. The van der Waals surface area contributed by atoms with Crippen LogP contribution in [0, 0.1) is 0 Å². The summed E-state index contributed by atoms with van der Waals surface area (Å²) in [5.74, 6) is -0.520. The second-order valence-corrected chi connectivity index (χ2v) is 6.50. The van der Waals surface area contributed by atoms with Gasteiger partial charge < -0.3 is 15.7 Å². The molecule has 0 aliphatic carbocycles. The Bertz CT molecular complexity index is 831. The molecule has 0 unspecified atom stereocenters. The number of phenols is 1. The van der Waals surface area contributed by atoms with Crippen molar-refractivity contribution in [3.63, 3.8) is 0 Å². The van der Waals surface area contributed by atoms with Gasteiger partial charge in [-0.3, -0.25) is 9.59 Å². The van der Waals surface area contributed by atoms with Crippen molar-refractivity contribution in [2.45, 2.75) is 26.3 Å². The average Bonchev–Trinajstić information content (AvgIpc) is 2.55. The van der Waals surface area contributed by atoms with Gasteiger partial charge in [-0.15, -0.1) is 0 Å². The lowest BCUT2D eigenvalue weighted by molar-refractivity contribution is -0.125. The quantitative estimate of drug-likeness (QED) is 0.722. The number of benzene rings is 2. The maximum Gasteiger partial charge on any atom is 0.247 e. The van der Waals surface area contributed by atoms with E-state index in [2.05, 4.69) is 17.2 Å². The summed E-state index contributed by atoms with van der Waals surface area (Å²) in [6.07, 6.45) is 0.295. The molecule has 2 aromatic rings. The molecule has 0 saturated carbocycles. The summed E-state index contributed by atoms with van der Waals surface area (Å²) in [7, 11) is 0. The fourth-order valence-electron chi connectivity index (χ4n) is 2.49. The minimum Gasteiger partial charge on any atom is -0.508 e. The van der Waals surface area contributed by atoms with E-state index in [-0.39, 0.29) is 17.6 Å². The molecule has 0 aromatic heterocycles. The molecule has 0 heterocycles. The van der Waals surface area contributed by atoms with Crippen LogP contribution in [-0.4, -0.2) is 23.0 Å². The first kappa shape index (κ1) is 19.5. The molecule has 0 fully saturated rings. The Balaban J connectivity index is 2.15. The number of carbonyl (C=O) groups excluding carboxylic acids is 2. The van der Waals surface area contributed by atoms with Gasteiger partial charge in [-0.2, -0.15) is 0 Å². The van der Waals surface area contributed by atoms with Gasteiger partial charge in [-0.05, 0) is 47.9 Å². The summed E-state index contributed by atoms with van der Waals surface area (Å²) in [6, 6.07) is 10.9. The number of anilines is 1. The van der Waals surface area contributed by atoms with Crippen LogP contribution < -0.4 is 10.6 Å². The van der Waals surface area contributed by atoms with Crippen molar-refractivity contribution in [3.05, 3.63) is 65.2 Å². The molecular formula is C20H21ClN2O3. The number of nitrogens with one attached hydrogen (secondary N) is 2. The Kier molecular flexibility index (Phi) is 6.41. The minimum atomic E-state index is -0.753. The first-order valence-electron chi connectivity index (χ1n) is 8.07. The molecule has 26 heavy (non-hydrogen) atoms. The molecule has 6 heteroatoms. The highest BCUT2D eigenvalue weighted by Gasteiger charge is 2.20. The third kappa shape index (κ3) is 5.36. The van der Waals surface area contributed by atoms with Gasteiger partial charge in [-0.1, -0.05) is 36.4 Å². The summed E-state index contributed by atoms with van der Waals surface area (Å²) in [5.41, 5.74) is 2.99. The highest BCUT2D eigenvalue weighted by Crippen LogP contribution is 2.26. The molecule has 0 saturated heterocycles. The first-order valence-corrected chi connectivity index (χ1v) is 8.45. The number of carbonyl (C=O) groups is 2. The van der Waals surface area contributed by atoms with Gasteiger partial charge in [0.15, 0.2) is 0 Å². The number of allylic oxidation sites excluding steroid dienone is 1. The van der Waals surface area contributed by atoms with Crippen molar-refractivity contribution in [1.29, 1.82) is 0 Å². The van der Waals surface area contributed by atoms with Crippen molar-refractivity contribution in [2.24, 2.45) is 0 Å². The van der Waals surface area contributed by atoms with Crippen LogP contribution in [0.4, 0.5) is 5.69 Å². The van der Waals surface area contributed by atoms with Crippen molar-refractivity contribution in [1.82, 2.24) is 5.32 Å². The van der Waals surface area contributed by atoms with Crippen LogP contribution in [0.1, 0.15) is 25.0 Å². The number of hydrogen-bond acceptors (Lipinski definition) is 3. The predicted octanol–water partition coefficient (Wildman–Crippen LogP) is 3.76. The molecule has 2 rings (SSSR count). The topological polar surface area (TPSA) is 78.4 Å². The molecule has 0 spiro atoms. The van der Waals surface area contributed by atoms with E-state index in [4.69, 9.17) is 11.6 Å². The zero-order chi connectivity index (χ0) is 19.3. The fraction of sp³-hybridized carbons (Fsp3) is 0.200. The van der Waals surface area contributed by atoms with Gasteiger partial charge in [0, 0.05) is 19.0 Å². The molecule has 0 bridgehead atoms. The van der Waals surface area contributed by atoms with E-state index in [9.17, 15) is 14.7 Å². The van der Waals surface area contributed by atoms with E-state index in [1.807, 2.05) is 6.92 Å². The lowest BCUT2D eigenvalue weighted by Gasteiger charge is -2.18. The molecule has 2 amide bonds. The fourth-order valence-corrected chi connectivity index (χ4v) is 2.83. The van der Waals surface area contributed by atoms with Crippen LogP contribution >= 0.6 is 11.6 Å². The average molecular weight is 373 g/mol. The third-order valence-electron chi connectivity index (χ3n) is 3.77. The Morgan fingerprint density at radius 3 is 2.35 bits per heavy atom. The number of halogens is 1. The van der Waals surface area contributed by atoms with Gasteiger partial charge >= 0.3 is 0 Å². The van der Waals surface area contributed by atoms with Crippen LogP contribution in [0.15, 0.2) is 49.0 Å².